The van der Waals surface area contributed by atoms with E-state index in [1.165, 1.54) is 11.8 Å². The van der Waals surface area contributed by atoms with Crippen LogP contribution in [0.5, 0.6) is 5.75 Å². The van der Waals surface area contributed by atoms with Crippen molar-refractivity contribution in [2.45, 2.75) is 65.7 Å². The Morgan fingerprint density at radius 3 is 1.92 bits per heavy atom. The Hall–Kier alpha value is -2.10. The van der Waals surface area contributed by atoms with Crippen molar-refractivity contribution in [3.63, 3.8) is 0 Å². The number of rotatable bonds is 1. The number of imide groups is 1. The van der Waals surface area contributed by atoms with Crippen LogP contribution in [0.1, 0.15) is 71.6 Å². The molecule has 0 aromatic heterocycles. The van der Waals surface area contributed by atoms with E-state index in [1.54, 1.807) is 0 Å². The highest BCUT2D eigenvalue weighted by Gasteiger charge is 2.30. The summed E-state index contributed by atoms with van der Waals surface area (Å²) in [6.45, 7) is 14.2. The van der Waals surface area contributed by atoms with Gasteiger partial charge in [-0.25, -0.2) is 0 Å². The molecule has 0 radical (unpaired) electrons. The molecule has 1 aliphatic rings. The highest BCUT2D eigenvalue weighted by atomic mass is 16.3. The molecule has 0 saturated carbocycles. The largest absolute Gasteiger partial charge is 0.507 e. The molecule has 2 rings (SSSR count). The summed E-state index contributed by atoms with van der Waals surface area (Å²) in [4.78, 5) is 25.2. The third-order valence-electron chi connectivity index (χ3n) is 4.59. The number of carbonyl (C=O) groups excluding carboxylic acids is 2. The van der Waals surface area contributed by atoms with Crippen LogP contribution in [0.3, 0.4) is 0 Å². The molecule has 0 atom stereocenters. The minimum absolute atomic E-state index is 0.213. The van der Waals surface area contributed by atoms with E-state index in [2.05, 4.69) is 41.5 Å². The molecule has 0 spiro atoms. The van der Waals surface area contributed by atoms with Crippen molar-refractivity contribution in [2.75, 3.05) is 6.54 Å². The Morgan fingerprint density at radius 2 is 1.56 bits per heavy atom. The van der Waals surface area contributed by atoms with Crippen LogP contribution in [-0.2, 0) is 20.4 Å². The molecule has 1 saturated heterocycles. The topological polar surface area (TPSA) is 57.6 Å². The van der Waals surface area contributed by atoms with E-state index >= 15 is 0 Å². The number of hydrogen-bond acceptors (Lipinski definition) is 3. The monoisotopic (exact) mass is 343 g/mol. The fourth-order valence-corrected chi connectivity index (χ4v) is 3.13. The predicted molar refractivity (Wildman–Crippen MR) is 100 cm³/mol. The second kappa shape index (κ2) is 6.32. The summed E-state index contributed by atoms with van der Waals surface area (Å²) < 4.78 is 0. The lowest BCUT2D eigenvalue weighted by Crippen LogP contribution is -2.29. The summed E-state index contributed by atoms with van der Waals surface area (Å²) in [5.41, 5.74) is 2.82. The first-order chi connectivity index (χ1) is 11.3. The molecule has 1 heterocycles. The van der Waals surface area contributed by atoms with E-state index in [0.717, 1.165) is 16.7 Å². The fourth-order valence-electron chi connectivity index (χ4n) is 3.13. The van der Waals surface area contributed by atoms with E-state index in [1.807, 2.05) is 18.2 Å². The van der Waals surface area contributed by atoms with Gasteiger partial charge in [0.05, 0.1) is 0 Å². The number of hydrogen-bond donors (Lipinski definition) is 1. The van der Waals surface area contributed by atoms with Gasteiger partial charge in [0.15, 0.2) is 0 Å². The van der Waals surface area contributed by atoms with E-state index < -0.39 is 0 Å². The number of likely N-dealkylation sites (tertiary alicyclic amines) is 1. The van der Waals surface area contributed by atoms with Gasteiger partial charge in [-0.3, -0.25) is 14.5 Å². The van der Waals surface area contributed by atoms with Crippen LogP contribution in [0, 0.1) is 0 Å². The number of amides is 2. The smallest absolute Gasteiger partial charge is 0.256 e. The lowest BCUT2D eigenvalue weighted by Gasteiger charge is -2.28. The van der Waals surface area contributed by atoms with Gasteiger partial charge in [0.2, 0.25) is 5.91 Å². The maximum atomic E-state index is 12.4. The predicted octanol–water partition coefficient (Wildman–Crippen LogP) is 4.15. The van der Waals surface area contributed by atoms with Crippen LogP contribution in [0.4, 0.5) is 0 Å². The second-order valence-corrected chi connectivity index (χ2v) is 8.86. The molecule has 1 fully saturated rings. The molecule has 4 heteroatoms. The quantitative estimate of drug-likeness (QED) is 0.779. The van der Waals surface area contributed by atoms with Gasteiger partial charge < -0.3 is 5.11 Å². The van der Waals surface area contributed by atoms with Gasteiger partial charge in [-0.15, -0.1) is 0 Å². The minimum atomic E-state index is -0.219. The molecule has 1 aromatic carbocycles. The van der Waals surface area contributed by atoms with Crippen molar-refractivity contribution in [2.24, 2.45) is 0 Å². The third kappa shape index (κ3) is 3.94. The summed E-state index contributed by atoms with van der Waals surface area (Å²) in [6.07, 6.45) is 2.42. The third-order valence-corrected chi connectivity index (χ3v) is 4.59. The summed E-state index contributed by atoms with van der Waals surface area (Å²) in [5.74, 6) is -0.106. The SMILES string of the molecule is CC(=O)N1CC/C(=C\c2cc(C(C)(C)C)c(O)c(C(C)(C)C)c2)C1=O. The Labute approximate surface area is 150 Å². The normalized spacial score (nSPS) is 17.5. The van der Waals surface area contributed by atoms with Gasteiger partial charge in [-0.1, -0.05) is 41.5 Å². The first-order valence-electron chi connectivity index (χ1n) is 8.73. The number of nitrogens with zero attached hydrogens (tertiary/aromatic N) is 1. The molecular formula is C21H29NO3. The van der Waals surface area contributed by atoms with Crippen molar-refractivity contribution >= 4 is 17.9 Å². The summed E-state index contributed by atoms with van der Waals surface area (Å²) in [7, 11) is 0. The van der Waals surface area contributed by atoms with Crippen LogP contribution in [-0.4, -0.2) is 28.4 Å². The van der Waals surface area contributed by atoms with Gasteiger partial charge in [0.25, 0.3) is 5.91 Å². The zero-order chi connectivity index (χ0) is 19.2. The van der Waals surface area contributed by atoms with Crippen LogP contribution in [0.25, 0.3) is 6.08 Å². The lowest BCUT2D eigenvalue weighted by molar-refractivity contribution is -0.138. The van der Waals surface area contributed by atoms with Crippen LogP contribution < -0.4 is 0 Å². The zero-order valence-electron chi connectivity index (χ0n) is 16.4. The van der Waals surface area contributed by atoms with E-state index in [9.17, 15) is 14.7 Å². The highest BCUT2D eigenvalue weighted by Crippen LogP contribution is 2.40. The molecule has 25 heavy (non-hydrogen) atoms. The standard InChI is InChI=1S/C21H29NO3/c1-13(23)22-9-8-15(19(22)25)10-14-11-16(20(2,3)4)18(24)17(12-14)21(5,6)7/h10-12,24H,8-9H2,1-7H3/b15-10+. The van der Waals surface area contributed by atoms with Crippen molar-refractivity contribution in [1.29, 1.82) is 0 Å². The molecule has 1 aromatic rings. The average molecular weight is 343 g/mol. The van der Waals surface area contributed by atoms with Gasteiger partial charge in [-0.2, -0.15) is 0 Å². The van der Waals surface area contributed by atoms with Crippen molar-refractivity contribution in [3.05, 3.63) is 34.4 Å². The van der Waals surface area contributed by atoms with Gasteiger partial charge in [-0.05, 0) is 41.0 Å². The van der Waals surface area contributed by atoms with Crippen LogP contribution in [0.2, 0.25) is 0 Å². The highest BCUT2D eigenvalue weighted by molar-refractivity contribution is 6.08. The van der Waals surface area contributed by atoms with E-state index in [-0.39, 0.29) is 22.6 Å². The molecule has 136 valence electrons. The number of carbonyl (C=O) groups is 2. The van der Waals surface area contributed by atoms with Crippen molar-refractivity contribution < 1.29 is 14.7 Å². The van der Waals surface area contributed by atoms with Gasteiger partial charge >= 0.3 is 0 Å². The summed E-state index contributed by atoms with van der Waals surface area (Å²) >= 11 is 0. The molecular weight excluding hydrogens is 314 g/mol. The number of phenolic OH excluding ortho intramolecular Hbond substituents is 1. The van der Waals surface area contributed by atoms with E-state index in [0.29, 0.717) is 24.3 Å². The van der Waals surface area contributed by atoms with Crippen molar-refractivity contribution in [1.82, 2.24) is 4.90 Å². The van der Waals surface area contributed by atoms with Gasteiger partial charge in [0, 0.05) is 30.2 Å². The Morgan fingerprint density at radius 1 is 1.08 bits per heavy atom. The maximum Gasteiger partial charge on any atom is 0.256 e. The molecule has 4 nitrogen and oxygen atoms in total. The first-order valence-corrected chi connectivity index (χ1v) is 8.73. The number of phenols is 1. The van der Waals surface area contributed by atoms with Crippen molar-refractivity contribution in [3.8, 4) is 5.75 Å². The fraction of sp³-hybridized carbons (Fsp3) is 0.524. The Kier molecular flexibility index (Phi) is 4.86. The molecule has 2 amide bonds. The minimum Gasteiger partial charge on any atom is -0.507 e. The zero-order valence-corrected chi connectivity index (χ0v) is 16.4. The molecule has 0 unspecified atom stereocenters. The van der Waals surface area contributed by atoms with Crippen LogP contribution in [0.15, 0.2) is 17.7 Å². The molecule has 1 aliphatic heterocycles. The average Bonchev–Trinajstić information content (AvgIpc) is 2.79. The number of aromatic hydroxyl groups is 1. The molecule has 0 aliphatic carbocycles. The number of benzene rings is 1. The Balaban J connectivity index is 2.58. The summed E-state index contributed by atoms with van der Waals surface area (Å²) in [6, 6.07) is 3.89. The first kappa shape index (κ1) is 19.2. The Bertz CT molecular complexity index is 710. The maximum absolute atomic E-state index is 12.4. The lowest BCUT2D eigenvalue weighted by atomic mass is 9.78. The van der Waals surface area contributed by atoms with Gasteiger partial charge in [0.1, 0.15) is 5.75 Å². The molecule has 0 bridgehead atoms. The van der Waals surface area contributed by atoms with Crippen LogP contribution >= 0.6 is 0 Å². The van der Waals surface area contributed by atoms with E-state index in [4.69, 9.17) is 0 Å². The second-order valence-electron chi connectivity index (χ2n) is 8.86. The molecule has 1 N–H and O–H groups in total. The summed E-state index contributed by atoms with van der Waals surface area (Å²) in [5, 5.41) is 10.8.